The molecule has 0 aliphatic carbocycles. The minimum atomic E-state index is 0.0533. The zero-order chi connectivity index (χ0) is 15.2. The van der Waals surface area contributed by atoms with Crippen LogP contribution in [0.4, 0.5) is 0 Å². The van der Waals surface area contributed by atoms with Crippen LogP contribution >= 0.6 is 15.9 Å². The third-order valence-electron chi connectivity index (χ3n) is 3.34. The van der Waals surface area contributed by atoms with E-state index in [2.05, 4.69) is 40.3 Å². The van der Waals surface area contributed by atoms with Crippen LogP contribution in [0.25, 0.3) is 0 Å². The molecule has 0 heterocycles. The van der Waals surface area contributed by atoms with Crippen molar-refractivity contribution >= 4 is 15.9 Å². The quantitative estimate of drug-likeness (QED) is 0.848. The molecule has 0 amide bonds. The largest absolute Gasteiger partial charge is 0.497 e. The Kier molecular flexibility index (Phi) is 5.65. The Bertz CT molecular complexity index is 601. The molecule has 0 spiro atoms. The number of ether oxygens (including phenoxy) is 2. The Hall–Kier alpha value is -1.52. The predicted molar refractivity (Wildman–Crippen MR) is 89.2 cm³/mol. The minimum Gasteiger partial charge on any atom is -0.497 e. The number of methoxy groups -OCH3 is 2. The van der Waals surface area contributed by atoms with Crippen molar-refractivity contribution < 1.29 is 9.47 Å². The summed E-state index contributed by atoms with van der Waals surface area (Å²) in [5, 5.41) is 3.51. The molecule has 0 saturated heterocycles. The molecule has 0 aromatic heterocycles. The Balaban J connectivity index is 2.49. The standard InChI is InChI=1S/C17H20BrNO2/c1-4-19-17(12-6-5-7-14(10-12)20-2)15-11-13(18)8-9-16(15)21-3/h5-11,17,19H,4H2,1-3H3. The molecule has 0 saturated carbocycles. The smallest absolute Gasteiger partial charge is 0.124 e. The van der Waals surface area contributed by atoms with E-state index in [9.17, 15) is 0 Å². The minimum absolute atomic E-state index is 0.0533. The van der Waals surface area contributed by atoms with Gasteiger partial charge in [-0.15, -0.1) is 0 Å². The number of nitrogens with one attached hydrogen (secondary N) is 1. The van der Waals surface area contributed by atoms with Gasteiger partial charge in [-0.3, -0.25) is 0 Å². The van der Waals surface area contributed by atoms with E-state index in [1.807, 2.05) is 30.3 Å². The van der Waals surface area contributed by atoms with Crippen LogP contribution in [-0.2, 0) is 0 Å². The van der Waals surface area contributed by atoms with Crippen LogP contribution in [-0.4, -0.2) is 20.8 Å². The predicted octanol–water partition coefficient (Wildman–Crippen LogP) is 4.17. The molecule has 1 atom stereocenters. The molecule has 0 bridgehead atoms. The molecular formula is C17H20BrNO2. The van der Waals surface area contributed by atoms with Gasteiger partial charge in [-0.2, -0.15) is 0 Å². The van der Waals surface area contributed by atoms with Crippen LogP contribution in [0.1, 0.15) is 24.1 Å². The van der Waals surface area contributed by atoms with E-state index >= 15 is 0 Å². The maximum absolute atomic E-state index is 5.51. The molecule has 0 fully saturated rings. The van der Waals surface area contributed by atoms with E-state index in [1.54, 1.807) is 14.2 Å². The van der Waals surface area contributed by atoms with Crippen LogP contribution in [0, 0.1) is 0 Å². The third-order valence-corrected chi connectivity index (χ3v) is 3.83. The Morgan fingerprint density at radius 2 is 1.90 bits per heavy atom. The topological polar surface area (TPSA) is 30.5 Å². The van der Waals surface area contributed by atoms with Gasteiger partial charge in [-0.05, 0) is 42.4 Å². The second-order valence-corrected chi connectivity index (χ2v) is 5.57. The summed E-state index contributed by atoms with van der Waals surface area (Å²) in [5.41, 5.74) is 2.24. The summed E-state index contributed by atoms with van der Waals surface area (Å²) < 4.78 is 11.9. The summed E-state index contributed by atoms with van der Waals surface area (Å²) in [6.45, 7) is 2.95. The normalized spacial score (nSPS) is 12.0. The number of halogens is 1. The van der Waals surface area contributed by atoms with E-state index in [-0.39, 0.29) is 6.04 Å². The van der Waals surface area contributed by atoms with Crippen molar-refractivity contribution in [1.29, 1.82) is 0 Å². The Morgan fingerprint density at radius 3 is 2.57 bits per heavy atom. The molecule has 0 radical (unpaired) electrons. The Labute approximate surface area is 134 Å². The van der Waals surface area contributed by atoms with Crippen molar-refractivity contribution in [3.8, 4) is 11.5 Å². The maximum atomic E-state index is 5.51. The fourth-order valence-corrected chi connectivity index (χ4v) is 2.74. The number of rotatable bonds is 6. The molecule has 21 heavy (non-hydrogen) atoms. The van der Waals surface area contributed by atoms with Gasteiger partial charge in [0.2, 0.25) is 0 Å². The fourth-order valence-electron chi connectivity index (χ4n) is 2.36. The first-order chi connectivity index (χ1) is 10.2. The van der Waals surface area contributed by atoms with Gasteiger partial charge in [-0.1, -0.05) is 35.0 Å². The third kappa shape index (κ3) is 3.77. The molecule has 2 aromatic carbocycles. The summed E-state index contributed by atoms with van der Waals surface area (Å²) in [6, 6.07) is 14.2. The zero-order valence-electron chi connectivity index (χ0n) is 12.5. The molecule has 1 unspecified atom stereocenters. The van der Waals surface area contributed by atoms with Gasteiger partial charge in [0.25, 0.3) is 0 Å². The van der Waals surface area contributed by atoms with Gasteiger partial charge in [-0.25, -0.2) is 0 Å². The van der Waals surface area contributed by atoms with Crippen LogP contribution in [0.3, 0.4) is 0 Å². The van der Waals surface area contributed by atoms with Gasteiger partial charge in [0.1, 0.15) is 11.5 Å². The van der Waals surface area contributed by atoms with Crippen molar-refractivity contribution in [2.45, 2.75) is 13.0 Å². The molecule has 0 aliphatic heterocycles. The molecule has 3 nitrogen and oxygen atoms in total. The highest BCUT2D eigenvalue weighted by Gasteiger charge is 2.18. The summed E-state index contributed by atoms with van der Waals surface area (Å²) in [7, 11) is 3.38. The highest BCUT2D eigenvalue weighted by Crippen LogP contribution is 2.33. The maximum Gasteiger partial charge on any atom is 0.124 e. The van der Waals surface area contributed by atoms with Crippen molar-refractivity contribution in [2.24, 2.45) is 0 Å². The molecule has 0 aliphatic rings. The average Bonchev–Trinajstić information content (AvgIpc) is 2.52. The van der Waals surface area contributed by atoms with Crippen molar-refractivity contribution in [3.05, 3.63) is 58.1 Å². The van der Waals surface area contributed by atoms with Gasteiger partial charge in [0.05, 0.1) is 20.3 Å². The van der Waals surface area contributed by atoms with Gasteiger partial charge in [0.15, 0.2) is 0 Å². The van der Waals surface area contributed by atoms with Crippen molar-refractivity contribution in [1.82, 2.24) is 5.32 Å². The lowest BCUT2D eigenvalue weighted by Crippen LogP contribution is -2.22. The first-order valence-corrected chi connectivity index (χ1v) is 7.69. The Morgan fingerprint density at radius 1 is 1.10 bits per heavy atom. The SMILES string of the molecule is CCNC(c1cccc(OC)c1)c1cc(Br)ccc1OC. The number of hydrogen-bond donors (Lipinski definition) is 1. The van der Waals surface area contributed by atoms with Crippen molar-refractivity contribution in [3.63, 3.8) is 0 Å². The molecular weight excluding hydrogens is 330 g/mol. The van der Waals surface area contributed by atoms with Gasteiger partial charge in [0, 0.05) is 10.0 Å². The van der Waals surface area contributed by atoms with E-state index in [4.69, 9.17) is 9.47 Å². The first kappa shape index (κ1) is 15.9. The summed E-state index contributed by atoms with van der Waals surface area (Å²) >= 11 is 3.54. The van der Waals surface area contributed by atoms with E-state index < -0.39 is 0 Å². The molecule has 1 N–H and O–H groups in total. The van der Waals surface area contributed by atoms with E-state index in [0.717, 1.165) is 33.6 Å². The van der Waals surface area contributed by atoms with Crippen LogP contribution in [0.15, 0.2) is 46.9 Å². The number of benzene rings is 2. The summed E-state index contributed by atoms with van der Waals surface area (Å²) in [4.78, 5) is 0. The van der Waals surface area contributed by atoms with Crippen LogP contribution < -0.4 is 14.8 Å². The van der Waals surface area contributed by atoms with E-state index in [1.165, 1.54) is 0 Å². The lowest BCUT2D eigenvalue weighted by molar-refractivity contribution is 0.403. The molecule has 2 rings (SSSR count). The highest BCUT2D eigenvalue weighted by molar-refractivity contribution is 9.10. The number of hydrogen-bond acceptors (Lipinski definition) is 3. The van der Waals surface area contributed by atoms with Gasteiger partial charge < -0.3 is 14.8 Å². The monoisotopic (exact) mass is 349 g/mol. The van der Waals surface area contributed by atoms with Crippen LogP contribution in [0.2, 0.25) is 0 Å². The molecule has 4 heteroatoms. The second-order valence-electron chi connectivity index (χ2n) is 4.65. The van der Waals surface area contributed by atoms with Gasteiger partial charge >= 0.3 is 0 Å². The fraction of sp³-hybridized carbons (Fsp3) is 0.294. The van der Waals surface area contributed by atoms with E-state index in [0.29, 0.717) is 0 Å². The van der Waals surface area contributed by atoms with Crippen LogP contribution in [0.5, 0.6) is 11.5 Å². The highest BCUT2D eigenvalue weighted by atomic mass is 79.9. The van der Waals surface area contributed by atoms with Crippen molar-refractivity contribution in [2.75, 3.05) is 20.8 Å². The first-order valence-electron chi connectivity index (χ1n) is 6.90. The zero-order valence-corrected chi connectivity index (χ0v) is 14.1. The molecule has 112 valence electrons. The lowest BCUT2D eigenvalue weighted by atomic mass is 9.97. The lowest BCUT2D eigenvalue weighted by Gasteiger charge is -2.22. The summed E-state index contributed by atoms with van der Waals surface area (Å²) in [6.07, 6.45) is 0. The summed E-state index contributed by atoms with van der Waals surface area (Å²) in [5.74, 6) is 1.72. The molecule has 2 aromatic rings. The second kappa shape index (κ2) is 7.48. The average molecular weight is 350 g/mol.